The predicted octanol–water partition coefficient (Wildman–Crippen LogP) is 5.45. The first-order chi connectivity index (χ1) is 11.8. The lowest BCUT2D eigenvalue weighted by atomic mass is 10.1. The highest BCUT2D eigenvalue weighted by Gasteiger charge is 2.06. The van der Waals surface area contributed by atoms with E-state index in [0.29, 0.717) is 5.56 Å². The molecule has 0 saturated carbocycles. The molecule has 0 unspecified atom stereocenters. The Balaban J connectivity index is 1.72. The summed E-state index contributed by atoms with van der Waals surface area (Å²) in [5, 5.41) is 1.94. The van der Waals surface area contributed by atoms with Crippen LogP contribution >= 0.6 is 11.3 Å². The summed E-state index contributed by atoms with van der Waals surface area (Å²) < 4.78 is 10.9. The minimum Gasteiger partial charge on any atom is -0.497 e. The van der Waals surface area contributed by atoms with E-state index in [0.717, 1.165) is 22.1 Å². The first-order valence-electron chi connectivity index (χ1n) is 7.43. The number of para-hydroxylation sites is 1. The lowest BCUT2D eigenvalue weighted by Gasteiger charge is -2.04. The molecule has 3 nitrogen and oxygen atoms in total. The van der Waals surface area contributed by atoms with E-state index in [1.54, 1.807) is 43.5 Å². The minimum atomic E-state index is -0.0586. The van der Waals surface area contributed by atoms with Crippen LogP contribution in [0.15, 0.2) is 72.1 Å². The summed E-state index contributed by atoms with van der Waals surface area (Å²) in [6, 6.07) is 18.5. The monoisotopic (exact) mass is 336 g/mol. The topological polar surface area (TPSA) is 35.5 Å². The van der Waals surface area contributed by atoms with Crippen molar-refractivity contribution in [2.75, 3.05) is 7.11 Å². The van der Waals surface area contributed by atoms with Crippen LogP contribution in [-0.4, -0.2) is 12.9 Å². The Morgan fingerprint density at radius 2 is 1.71 bits per heavy atom. The van der Waals surface area contributed by atoms with Gasteiger partial charge in [0.05, 0.1) is 12.0 Å². The Kier molecular flexibility index (Phi) is 5.08. The SMILES string of the molecule is COc1ccc(C(=O)/C=C/c2sccc2Oc2ccccc2)cc1. The van der Waals surface area contributed by atoms with Gasteiger partial charge >= 0.3 is 0 Å². The number of methoxy groups -OCH3 is 1. The fraction of sp³-hybridized carbons (Fsp3) is 0.0500. The number of hydrogen-bond acceptors (Lipinski definition) is 4. The third-order valence-corrected chi connectivity index (χ3v) is 4.25. The third-order valence-electron chi connectivity index (χ3n) is 3.39. The quantitative estimate of drug-likeness (QED) is 0.444. The summed E-state index contributed by atoms with van der Waals surface area (Å²) in [5.74, 6) is 2.18. The van der Waals surface area contributed by atoms with Gasteiger partial charge in [-0.3, -0.25) is 4.79 Å². The highest BCUT2D eigenvalue weighted by Crippen LogP contribution is 2.30. The second-order valence-electron chi connectivity index (χ2n) is 4.99. The molecule has 0 spiro atoms. The van der Waals surface area contributed by atoms with Gasteiger partial charge in [0.15, 0.2) is 5.78 Å². The molecule has 3 rings (SSSR count). The van der Waals surface area contributed by atoms with Crippen molar-refractivity contribution in [3.8, 4) is 17.2 Å². The molecule has 24 heavy (non-hydrogen) atoms. The minimum absolute atomic E-state index is 0.0586. The molecule has 1 heterocycles. The van der Waals surface area contributed by atoms with Gasteiger partial charge in [-0.05, 0) is 60.0 Å². The molecule has 0 saturated heterocycles. The summed E-state index contributed by atoms with van der Waals surface area (Å²) in [6.07, 6.45) is 3.35. The van der Waals surface area contributed by atoms with Gasteiger partial charge in [0, 0.05) is 5.56 Å². The van der Waals surface area contributed by atoms with Crippen molar-refractivity contribution in [3.05, 3.63) is 82.6 Å². The van der Waals surface area contributed by atoms with Crippen LogP contribution in [0.25, 0.3) is 6.08 Å². The molecule has 3 aromatic rings. The maximum absolute atomic E-state index is 12.2. The number of carbonyl (C=O) groups excluding carboxylic acids is 1. The maximum atomic E-state index is 12.2. The zero-order chi connectivity index (χ0) is 16.8. The number of ketones is 1. The molecule has 0 radical (unpaired) electrons. The van der Waals surface area contributed by atoms with Crippen LogP contribution in [-0.2, 0) is 0 Å². The van der Waals surface area contributed by atoms with Crippen LogP contribution in [0.3, 0.4) is 0 Å². The van der Waals surface area contributed by atoms with Crippen LogP contribution in [0, 0.1) is 0 Å². The van der Waals surface area contributed by atoms with Crippen molar-refractivity contribution in [3.63, 3.8) is 0 Å². The summed E-state index contributed by atoms with van der Waals surface area (Å²) in [6.45, 7) is 0. The second kappa shape index (κ2) is 7.62. The highest BCUT2D eigenvalue weighted by molar-refractivity contribution is 7.11. The van der Waals surface area contributed by atoms with Crippen molar-refractivity contribution >= 4 is 23.2 Å². The molecule has 4 heteroatoms. The smallest absolute Gasteiger partial charge is 0.185 e. The van der Waals surface area contributed by atoms with Crippen molar-refractivity contribution in [2.24, 2.45) is 0 Å². The van der Waals surface area contributed by atoms with Gasteiger partial charge in [0.25, 0.3) is 0 Å². The Morgan fingerprint density at radius 1 is 0.958 bits per heavy atom. The standard InChI is InChI=1S/C20H16O3S/c1-22-16-9-7-15(8-10-16)18(21)11-12-20-19(13-14-24-20)23-17-5-3-2-4-6-17/h2-14H,1H3/b12-11+. The van der Waals surface area contributed by atoms with Gasteiger partial charge in [-0.2, -0.15) is 0 Å². The molecule has 0 bridgehead atoms. The molecule has 2 aromatic carbocycles. The Morgan fingerprint density at radius 3 is 2.42 bits per heavy atom. The van der Waals surface area contributed by atoms with E-state index in [1.807, 2.05) is 41.8 Å². The third kappa shape index (κ3) is 3.91. The van der Waals surface area contributed by atoms with E-state index in [9.17, 15) is 4.79 Å². The Labute approximate surface area is 144 Å². The lowest BCUT2D eigenvalue weighted by molar-refractivity contribution is 0.104. The molecule has 0 atom stereocenters. The highest BCUT2D eigenvalue weighted by atomic mass is 32.1. The normalized spacial score (nSPS) is 10.7. The first kappa shape index (κ1) is 16.0. The number of ether oxygens (including phenoxy) is 2. The number of carbonyl (C=O) groups is 1. The fourth-order valence-corrected chi connectivity index (χ4v) is 2.84. The van der Waals surface area contributed by atoms with Gasteiger partial charge in [-0.25, -0.2) is 0 Å². The largest absolute Gasteiger partial charge is 0.497 e. The van der Waals surface area contributed by atoms with Gasteiger partial charge < -0.3 is 9.47 Å². The molecule has 0 fully saturated rings. The second-order valence-corrected chi connectivity index (χ2v) is 5.94. The molecular formula is C20H16O3S. The van der Waals surface area contributed by atoms with Gasteiger partial charge in [-0.1, -0.05) is 18.2 Å². The van der Waals surface area contributed by atoms with Crippen molar-refractivity contribution in [2.45, 2.75) is 0 Å². The summed E-state index contributed by atoms with van der Waals surface area (Å²) in [5.41, 5.74) is 0.620. The van der Waals surface area contributed by atoms with Crippen LogP contribution in [0.2, 0.25) is 0 Å². The predicted molar refractivity (Wildman–Crippen MR) is 97.2 cm³/mol. The van der Waals surface area contributed by atoms with E-state index in [2.05, 4.69) is 0 Å². The molecule has 120 valence electrons. The van der Waals surface area contributed by atoms with Crippen LogP contribution in [0.5, 0.6) is 17.2 Å². The van der Waals surface area contributed by atoms with E-state index < -0.39 is 0 Å². The fourth-order valence-electron chi connectivity index (χ4n) is 2.13. The zero-order valence-electron chi connectivity index (χ0n) is 13.1. The van der Waals surface area contributed by atoms with Crippen LogP contribution < -0.4 is 9.47 Å². The zero-order valence-corrected chi connectivity index (χ0v) is 14.0. The summed E-state index contributed by atoms with van der Waals surface area (Å²) >= 11 is 1.53. The lowest BCUT2D eigenvalue weighted by Crippen LogP contribution is -1.94. The van der Waals surface area contributed by atoms with Gasteiger partial charge in [0.2, 0.25) is 0 Å². The van der Waals surface area contributed by atoms with Crippen LogP contribution in [0.4, 0.5) is 0 Å². The average Bonchev–Trinajstić information content (AvgIpc) is 3.07. The van der Waals surface area contributed by atoms with Crippen molar-refractivity contribution < 1.29 is 14.3 Å². The molecule has 0 amide bonds. The molecule has 0 N–H and O–H groups in total. The number of benzene rings is 2. The van der Waals surface area contributed by atoms with E-state index in [1.165, 1.54) is 11.3 Å². The number of rotatable bonds is 6. The van der Waals surface area contributed by atoms with Gasteiger partial charge in [-0.15, -0.1) is 11.3 Å². The first-order valence-corrected chi connectivity index (χ1v) is 8.31. The molecule has 0 aliphatic rings. The number of allylic oxidation sites excluding steroid dienone is 1. The van der Waals surface area contributed by atoms with Gasteiger partial charge in [0.1, 0.15) is 17.2 Å². The molecule has 1 aromatic heterocycles. The van der Waals surface area contributed by atoms with E-state index in [-0.39, 0.29) is 5.78 Å². The van der Waals surface area contributed by atoms with E-state index >= 15 is 0 Å². The van der Waals surface area contributed by atoms with Crippen molar-refractivity contribution in [1.82, 2.24) is 0 Å². The number of hydrogen-bond donors (Lipinski definition) is 0. The molecule has 0 aliphatic carbocycles. The summed E-state index contributed by atoms with van der Waals surface area (Å²) in [7, 11) is 1.60. The van der Waals surface area contributed by atoms with Crippen molar-refractivity contribution in [1.29, 1.82) is 0 Å². The maximum Gasteiger partial charge on any atom is 0.185 e. The Bertz CT molecular complexity index is 833. The van der Waals surface area contributed by atoms with E-state index in [4.69, 9.17) is 9.47 Å². The molecular weight excluding hydrogens is 320 g/mol. The molecule has 0 aliphatic heterocycles. The average molecular weight is 336 g/mol. The van der Waals surface area contributed by atoms with Crippen LogP contribution in [0.1, 0.15) is 15.2 Å². The summed E-state index contributed by atoms with van der Waals surface area (Å²) in [4.78, 5) is 13.1. The number of thiophene rings is 1. The Hall–Kier alpha value is -2.85.